The molecule has 1 fully saturated rings. The summed E-state index contributed by atoms with van der Waals surface area (Å²) in [4.78, 5) is 13.5. The molecule has 0 amide bonds. The summed E-state index contributed by atoms with van der Waals surface area (Å²) in [5, 5.41) is 0. The lowest BCUT2D eigenvalue weighted by molar-refractivity contribution is -0.144. The highest BCUT2D eigenvalue weighted by atomic mass is 79.9. The molecule has 1 atom stereocenters. The normalized spacial score (nSPS) is 18.1. The molecule has 1 unspecified atom stereocenters. The van der Waals surface area contributed by atoms with E-state index in [0.29, 0.717) is 30.8 Å². The number of nitrogens with zero attached hydrogens (tertiary/aromatic N) is 1. The van der Waals surface area contributed by atoms with Crippen molar-refractivity contribution < 1.29 is 13.9 Å². The molecular weight excluding hydrogens is 347 g/mol. The highest BCUT2D eigenvalue weighted by molar-refractivity contribution is 9.10. The molecule has 7 heteroatoms. The molecule has 0 aromatic heterocycles. The molecule has 0 radical (unpaired) electrons. The van der Waals surface area contributed by atoms with Crippen LogP contribution >= 0.6 is 28.1 Å². The molecule has 0 bridgehead atoms. The van der Waals surface area contributed by atoms with Crippen LogP contribution in [0.1, 0.15) is 12.0 Å². The number of nitrogens with two attached hydrogens (primary N) is 1. The van der Waals surface area contributed by atoms with E-state index in [-0.39, 0.29) is 21.3 Å². The van der Waals surface area contributed by atoms with Crippen molar-refractivity contribution in [2.75, 3.05) is 25.1 Å². The van der Waals surface area contributed by atoms with Gasteiger partial charge >= 0.3 is 5.97 Å². The Bertz CT molecular complexity index is 568. The van der Waals surface area contributed by atoms with E-state index in [1.54, 1.807) is 12.1 Å². The molecule has 4 nitrogen and oxygen atoms in total. The van der Waals surface area contributed by atoms with Crippen LogP contribution in [0.2, 0.25) is 0 Å². The molecule has 1 aromatic rings. The first-order valence-electron chi connectivity index (χ1n) is 6.06. The Kier molecular flexibility index (Phi) is 4.59. The monoisotopic (exact) mass is 360 g/mol. The zero-order valence-corrected chi connectivity index (χ0v) is 13.3. The van der Waals surface area contributed by atoms with Crippen molar-refractivity contribution in [3.8, 4) is 0 Å². The highest BCUT2D eigenvalue weighted by Crippen LogP contribution is 2.32. The molecule has 20 heavy (non-hydrogen) atoms. The zero-order chi connectivity index (χ0) is 14.9. The van der Waals surface area contributed by atoms with Crippen LogP contribution in [0.25, 0.3) is 0 Å². The van der Waals surface area contributed by atoms with Gasteiger partial charge in [0.25, 0.3) is 0 Å². The number of hydrogen-bond donors (Lipinski definition) is 1. The van der Waals surface area contributed by atoms with Crippen LogP contribution in [0.3, 0.4) is 0 Å². The molecule has 1 aliphatic heterocycles. The van der Waals surface area contributed by atoms with Gasteiger partial charge in [-0.2, -0.15) is 0 Å². The number of carbonyl (C=O) groups is 1. The van der Waals surface area contributed by atoms with Crippen molar-refractivity contribution in [1.29, 1.82) is 0 Å². The standard InChI is InChI=1S/C13H14BrFN2O2S/c1-19-13(18)7-4-5-17(6-7)9-3-2-8(12(16)20)10(14)11(9)15/h2-3,7H,4-6H2,1H3,(H2,16,20). The Balaban J connectivity index is 2.25. The van der Waals surface area contributed by atoms with Crippen molar-refractivity contribution in [3.63, 3.8) is 0 Å². The zero-order valence-electron chi connectivity index (χ0n) is 10.9. The fraction of sp³-hybridized carbons (Fsp3) is 0.385. The third kappa shape index (κ3) is 2.78. The van der Waals surface area contributed by atoms with Gasteiger partial charge in [0.1, 0.15) is 4.99 Å². The summed E-state index contributed by atoms with van der Waals surface area (Å²) in [5.74, 6) is -0.888. The van der Waals surface area contributed by atoms with Crippen LogP contribution in [-0.2, 0) is 9.53 Å². The van der Waals surface area contributed by atoms with Crippen LogP contribution < -0.4 is 10.6 Å². The minimum absolute atomic E-state index is 0.135. The predicted octanol–water partition coefficient (Wildman–Crippen LogP) is 2.22. The maximum atomic E-state index is 14.4. The smallest absolute Gasteiger partial charge is 0.310 e. The number of carbonyl (C=O) groups excluding carboxylic acids is 1. The summed E-state index contributed by atoms with van der Waals surface area (Å²) in [7, 11) is 1.36. The minimum Gasteiger partial charge on any atom is -0.469 e. The number of hydrogen-bond acceptors (Lipinski definition) is 4. The van der Waals surface area contributed by atoms with Gasteiger partial charge < -0.3 is 15.4 Å². The van der Waals surface area contributed by atoms with E-state index >= 15 is 0 Å². The molecule has 1 aromatic carbocycles. The Labute approximate surface area is 130 Å². The molecule has 0 saturated carbocycles. The van der Waals surface area contributed by atoms with E-state index in [1.807, 2.05) is 4.90 Å². The first kappa shape index (κ1) is 15.2. The molecular formula is C13H14BrFN2O2S. The van der Waals surface area contributed by atoms with Gasteiger partial charge in [0.2, 0.25) is 0 Å². The van der Waals surface area contributed by atoms with E-state index in [2.05, 4.69) is 15.9 Å². The Morgan fingerprint density at radius 2 is 2.30 bits per heavy atom. The number of esters is 1. The SMILES string of the molecule is COC(=O)C1CCN(c2ccc(C(N)=S)c(Br)c2F)C1. The number of halogens is 2. The molecule has 1 aliphatic rings. The minimum atomic E-state index is -0.416. The highest BCUT2D eigenvalue weighted by Gasteiger charge is 2.31. The quantitative estimate of drug-likeness (QED) is 0.661. The number of benzene rings is 1. The van der Waals surface area contributed by atoms with Crippen molar-refractivity contribution in [3.05, 3.63) is 28.0 Å². The average Bonchev–Trinajstić information content (AvgIpc) is 2.90. The lowest BCUT2D eigenvalue weighted by Gasteiger charge is -2.20. The molecule has 108 valence electrons. The van der Waals surface area contributed by atoms with Gasteiger partial charge in [-0.25, -0.2) is 4.39 Å². The number of thiocarbonyl (C=S) groups is 1. The Morgan fingerprint density at radius 3 is 2.90 bits per heavy atom. The molecule has 0 spiro atoms. The van der Waals surface area contributed by atoms with Gasteiger partial charge in [0.05, 0.1) is 23.2 Å². The maximum Gasteiger partial charge on any atom is 0.310 e. The van der Waals surface area contributed by atoms with Crippen LogP contribution in [0.5, 0.6) is 0 Å². The van der Waals surface area contributed by atoms with Gasteiger partial charge in [0, 0.05) is 18.7 Å². The average molecular weight is 361 g/mol. The summed E-state index contributed by atoms with van der Waals surface area (Å²) < 4.78 is 19.3. The molecule has 2 N–H and O–H groups in total. The Hall–Kier alpha value is -1.21. The fourth-order valence-electron chi connectivity index (χ4n) is 2.31. The topological polar surface area (TPSA) is 55.6 Å². The van der Waals surface area contributed by atoms with Crippen LogP contribution in [0.15, 0.2) is 16.6 Å². The summed E-state index contributed by atoms with van der Waals surface area (Å²) in [6.45, 7) is 1.05. The first-order chi connectivity index (χ1) is 9.45. The van der Waals surface area contributed by atoms with E-state index in [4.69, 9.17) is 22.7 Å². The lowest BCUT2D eigenvalue weighted by Crippen LogP contribution is -2.24. The summed E-state index contributed by atoms with van der Waals surface area (Å²) >= 11 is 8.04. The number of anilines is 1. The summed E-state index contributed by atoms with van der Waals surface area (Å²) in [5.41, 5.74) is 6.42. The third-order valence-corrected chi connectivity index (χ3v) is 4.39. The number of rotatable bonds is 3. The molecule has 2 rings (SSSR count). The van der Waals surface area contributed by atoms with Gasteiger partial charge in [0.15, 0.2) is 5.82 Å². The maximum absolute atomic E-state index is 14.4. The van der Waals surface area contributed by atoms with E-state index < -0.39 is 5.82 Å². The first-order valence-corrected chi connectivity index (χ1v) is 7.26. The van der Waals surface area contributed by atoms with E-state index in [9.17, 15) is 9.18 Å². The van der Waals surface area contributed by atoms with Gasteiger partial charge in [-0.15, -0.1) is 0 Å². The van der Waals surface area contributed by atoms with Crippen molar-refractivity contribution >= 4 is 44.8 Å². The fourth-order valence-corrected chi connectivity index (χ4v) is 3.16. The van der Waals surface area contributed by atoms with E-state index in [1.165, 1.54) is 7.11 Å². The lowest BCUT2D eigenvalue weighted by atomic mass is 10.1. The molecule has 0 aliphatic carbocycles. The van der Waals surface area contributed by atoms with Crippen molar-refractivity contribution in [2.24, 2.45) is 11.7 Å². The summed E-state index contributed by atoms with van der Waals surface area (Å²) in [6.07, 6.45) is 0.654. The summed E-state index contributed by atoms with van der Waals surface area (Å²) in [6, 6.07) is 3.31. The Morgan fingerprint density at radius 1 is 1.60 bits per heavy atom. The largest absolute Gasteiger partial charge is 0.469 e. The number of methoxy groups -OCH3 is 1. The second-order valence-corrected chi connectivity index (χ2v) is 5.81. The second-order valence-electron chi connectivity index (χ2n) is 4.58. The molecule has 1 saturated heterocycles. The predicted molar refractivity (Wildman–Crippen MR) is 82.3 cm³/mol. The third-order valence-electron chi connectivity index (χ3n) is 3.39. The van der Waals surface area contributed by atoms with Gasteiger partial charge in [-0.3, -0.25) is 4.79 Å². The van der Waals surface area contributed by atoms with Gasteiger partial charge in [-0.1, -0.05) is 12.2 Å². The van der Waals surface area contributed by atoms with E-state index in [0.717, 1.165) is 0 Å². The van der Waals surface area contributed by atoms with Gasteiger partial charge in [-0.05, 0) is 34.5 Å². The van der Waals surface area contributed by atoms with Crippen LogP contribution in [-0.4, -0.2) is 31.2 Å². The van der Waals surface area contributed by atoms with Crippen molar-refractivity contribution in [1.82, 2.24) is 0 Å². The van der Waals surface area contributed by atoms with Crippen molar-refractivity contribution in [2.45, 2.75) is 6.42 Å². The van der Waals surface area contributed by atoms with Crippen LogP contribution in [0, 0.1) is 11.7 Å². The molecule has 1 heterocycles. The van der Waals surface area contributed by atoms with Crippen LogP contribution in [0.4, 0.5) is 10.1 Å². The second kappa shape index (κ2) is 6.05. The number of ether oxygens (including phenoxy) is 1.